The van der Waals surface area contributed by atoms with E-state index in [4.69, 9.17) is 5.11 Å². The number of rotatable bonds is 3. The summed E-state index contributed by atoms with van der Waals surface area (Å²) in [5, 5.41) is 10.9. The monoisotopic (exact) mass is 317 g/mol. The molecular weight excluding hydrogens is 302 g/mol. The van der Waals surface area contributed by atoms with Crippen LogP contribution in [0.2, 0.25) is 0 Å². The van der Waals surface area contributed by atoms with Crippen molar-refractivity contribution in [1.29, 1.82) is 0 Å². The predicted molar refractivity (Wildman–Crippen MR) is 72.4 cm³/mol. The van der Waals surface area contributed by atoms with Gasteiger partial charge in [-0.2, -0.15) is 0 Å². The van der Waals surface area contributed by atoms with Crippen molar-refractivity contribution in [2.24, 2.45) is 0 Å². The fourth-order valence-corrected chi connectivity index (χ4v) is 3.44. The lowest BCUT2D eigenvalue weighted by atomic mass is 9.99. The van der Waals surface area contributed by atoms with Crippen LogP contribution in [0.25, 0.3) is 0 Å². The van der Waals surface area contributed by atoms with E-state index in [9.17, 15) is 4.79 Å². The van der Waals surface area contributed by atoms with Crippen LogP contribution in [-0.2, 0) is 0 Å². The highest BCUT2D eigenvalue weighted by molar-refractivity contribution is 9.11. The molecule has 0 spiro atoms. The van der Waals surface area contributed by atoms with Gasteiger partial charge in [-0.25, -0.2) is 0 Å². The van der Waals surface area contributed by atoms with E-state index in [-0.39, 0.29) is 18.6 Å². The molecule has 1 N–H and O–H groups in total. The third-order valence-electron chi connectivity index (χ3n) is 3.16. The standard InChI is InChI=1S/C12H16BrNO2S/c13-11-7-9(8-17-11)12(16)14-5-2-1-3-10(14)4-6-15/h7-8,10,15H,1-6H2. The maximum absolute atomic E-state index is 12.3. The molecule has 0 saturated carbocycles. The molecule has 0 aliphatic carbocycles. The molecule has 1 fully saturated rings. The smallest absolute Gasteiger partial charge is 0.254 e. The molecule has 0 bridgehead atoms. The molecule has 94 valence electrons. The summed E-state index contributed by atoms with van der Waals surface area (Å²) in [6.07, 6.45) is 3.93. The Kier molecular flexibility index (Phi) is 4.59. The van der Waals surface area contributed by atoms with Crippen molar-refractivity contribution >= 4 is 33.2 Å². The Hall–Kier alpha value is -0.390. The zero-order valence-electron chi connectivity index (χ0n) is 9.56. The van der Waals surface area contributed by atoms with Gasteiger partial charge in [0.2, 0.25) is 0 Å². The van der Waals surface area contributed by atoms with Crippen LogP contribution < -0.4 is 0 Å². The van der Waals surface area contributed by atoms with Crippen LogP contribution in [0.3, 0.4) is 0 Å². The lowest BCUT2D eigenvalue weighted by Gasteiger charge is -2.35. The predicted octanol–water partition coefficient (Wildman–Crippen LogP) is 2.89. The molecular formula is C12H16BrNO2S. The SMILES string of the molecule is O=C(c1csc(Br)c1)N1CCCCC1CCO. The van der Waals surface area contributed by atoms with Crippen molar-refractivity contribution in [2.45, 2.75) is 31.7 Å². The average Bonchev–Trinajstić information content (AvgIpc) is 2.76. The van der Waals surface area contributed by atoms with Gasteiger partial charge < -0.3 is 10.0 Å². The highest BCUT2D eigenvalue weighted by Gasteiger charge is 2.27. The summed E-state index contributed by atoms with van der Waals surface area (Å²) in [4.78, 5) is 14.3. The number of hydrogen-bond acceptors (Lipinski definition) is 3. The molecule has 1 aliphatic heterocycles. The van der Waals surface area contributed by atoms with Gasteiger partial charge in [-0.3, -0.25) is 4.79 Å². The molecule has 0 radical (unpaired) electrons. The second kappa shape index (κ2) is 5.98. The lowest BCUT2D eigenvalue weighted by molar-refractivity contribution is 0.0575. The summed E-state index contributed by atoms with van der Waals surface area (Å²) < 4.78 is 0.983. The van der Waals surface area contributed by atoms with Crippen molar-refractivity contribution < 1.29 is 9.90 Å². The van der Waals surface area contributed by atoms with Gasteiger partial charge in [0.05, 0.1) is 9.35 Å². The summed E-state index contributed by atoms with van der Waals surface area (Å²) in [5.74, 6) is 0.102. The Labute approximate surface area is 114 Å². The number of likely N-dealkylation sites (tertiary alicyclic amines) is 1. The summed E-state index contributed by atoms with van der Waals surface area (Å²) in [5.41, 5.74) is 0.756. The number of nitrogens with zero attached hydrogens (tertiary/aromatic N) is 1. The van der Waals surface area contributed by atoms with Gasteiger partial charge in [0.25, 0.3) is 5.91 Å². The molecule has 5 heteroatoms. The topological polar surface area (TPSA) is 40.5 Å². The molecule has 2 rings (SSSR count). The first-order valence-electron chi connectivity index (χ1n) is 5.88. The molecule has 1 saturated heterocycles. The number of aliphatic hydroxyl groups excluding tert-OH is 1. The van der Waals surface area contributed by atoms with E-state index in [0.717, 1.165) is 35.2 Å². The van der Waals surface area contributed by atoms with Crippen LogP contribution in [0.5, 0.6) is 0 Å². The lowest BCUT2D eigenvalue weighted by Crippen LogP contribution is -2.44. The maximum atomic E-state index is 12.3. The third-order valence-corrected chi connectivity index (χ3v) is 4.67. The van der Waals surface area contributed by atoms with Gasteiger partial charge in [0.15, 0.2) is 0 Å². The fraction of sp³-hybridized carbons (Fsp3) is 0.583. The van der Waals surface area contributed by atoms with Crippen molar-refractivity contribution in [3.63, 3.8) is 0 Å². The van der Waals surface area contributed by atoms with E-state index in [1.165, 1.54) is 11.3 Å². The molecule has 17 heavy (non-hydrogen) atoms. The number of carbonyl (C=O) groups excluding carboxylic acids is 1. The van der Waals surface area contributed by atoms with Gasteiger partial charge in [-0.05, 0) is 47.7 Å². The van der Waals surface area contributed by atoms with E-state index in [1.807, 2.05) is 16.3 Å². The average molecular weight is 318 g/mol. The maximum Gasteiger partial charge on any atom is 0.254 e. The van der Waals surface area contributed by atoms with Crippen molar-refractivity contribution in [2.75, 3.05) is 13.2 Å². The second-order valence-corrected chi connectivity index (χ2v) is 6.59. The Morgan fingerprint density at radius 3 is 3.06 bits per heavy atom. The van der Waals surface area contributed by atoms with E-state index in [2.05, 4.69) is 15.9 Å². The first-order valence-corrected chi connectivity index (χ1v) is 7.55. The number of carbonyl (C=O) groups is 1. The first kappa shape index (κ1) is 13.1. The number of thiophene rings is 1. The number of aliphatic hydroxyl groups is 1. The third kappa shape index (κ3) is 3.09. The Balaban J connectivity index is 2.10. The molecule has 1 aromatic rings. The molecule has 1 atom stereocenters. The quantitative estimate of drug-likeness (QED) is 0.931. The van der Waals surface area contributed by atoms with Crippen molar-refractivity contribution in [3.05, 3.63) is 20.8 Å². The molecule has 1 amide bonds. The van der Waals surface area contributed by atoms with E-state index in [1.54, 1.807) is 0 Å². The first-order chi connectivity index (χ1) is 8.22. The van der Waals surface area contributed by atoms with E-state index >= 15 is 0 Å². The van der Waals surface area contributed by atoms with Crippen LogP contribution in [0.15, 0.2) is 15.2 Å². The van der Waals surface area contributed by atoms with Crippen LogP contribution >= 0.6 is 27.3 Å². The fourth-order valence-electron chi connectivity index (χ4n) is 2.31. The largest absolute Gasteiger partial charge is 0.396 e. The minimum atomic E-state index is 0.102. The van der Waals surface area contributed by atoms with Gasteiger partial charge in [0.1, 0.15) is 0 Å². The van der Waals surface area contributed by atoms with Gasteiger partial charge in [-0.1, -0.05) is 0 Å². The molecule has 1 unspecified atom stereocenters. The minimum Gasteiger partial charge on any atom is -0.396 e. The molecule has 1 aromatic heterocycles. The van der Waals surface area contributed by atoms with Crippen LogP contribution in [-0.4, -0.2) is 35.1 Å². The van der Waals surface area contributed by atoms with E-state index < -0.39 is 0 Å². The normalized spacial score (nSPS) is 20.6. The van der Waals surface area contributed by atoms with Crippen LogP contribution in [0.4, 0.5) is 0 Å². The number of hydrogen-bond donors (Lipinski definition) is 1. The summed E-state index contributed by atoms with van der Waals surface area (Å²) >= 11 is 4.91. The highest BCUT2D eigenvalue weighted by Crippen LogP contribution is 2.26. The Morgan fingerprint density at radius 2 is 2.41 bits per heavy atom. The summed E-state index contributed by atoms with van der Waals surface area (Å²) in [7, 11) is 0. The molecule has 2 heterocycles. The summed E-state index contributed by atoms with van der Waals surface area (Å²) in [6, 6.07) is 2.08. The number of piperidine rings is 1. The van der Waals surface area contributed by atoms with Gasteiger partial charge in [-0.15, -0.1) is 11.3 Å². The van der Waals surface area contributed by atoms with Crippen LogP contribution in [0.1, 0.15) is 36.0 Å². The second-order valence-electron chi connectivity index (χ2n) is 4.30. The summed E-state index contributed by atoms with van der Waals surface area (Å²) in [6.45, 7) is 0.971. The van der Waals surface area contributed by atoms with E-state index in [0.29, 0.717) is 6.42 Å². The number of amides is 1. The highest BCUT2D eigenvalue weighted by atomic mass is 79.9. The zero-order valence-corrected chi connectivity index (χ0v) is 12.0. The minimum absolute atomic E-state index is 0.102. The van der Waals surface area contributed by atoms with Gasteiger partial charge >= 0.3 is 0 Å². The van der Waals surface area contributed by atoms with Crippen molar-refractivity contribution in [1.82, 2.24) is 4.90 Å². The van der Waals surface area contributed by atoms with Crippen LogP contribution in [0, 0.1) is 0 Å². The molecule has 1 aliphatic rings. The number of halogens is 1. The Bertz CT molecular complexity index is 392. The Morgan fingerprint density at radius 1 is 1.59 bits per heavy atom. The zero-order chi connectivity index (χ0) is 12.3. The van der Waals surface area contributed by atoms with Gasteiger partial charge in [0, 0.05) is 24.6 Å². The van der Waals surface area contributed by atoms with Crippen molar-refractivity contribution in [3.8, 4) is 0 Å². The molecule has 3 nitrogen and oxygen atoms in total. The molecule has 0 aromatic carbocycles.